The van der Waals surface area contributed by atoms with E-state index in [9.17, 15) is 13.2 Å². The average molecular weight is 479 g/mol. The number of halogens is 1. The molecule has 1 amide bonds. The number of nitrogens with zero attached hydrogens (tertiary/aromatic N) is 1. The Bertz CT molecular complexity index is 978. The van der Waals surface area contributed by atoms with Gasteiger partial charge in [0, 0.05) is 23.2 Å². The zero-order valence-corrected chi connectivity index (χ0v) is 18.5. The van der Waals surface area contributed by atoms with E-state index in [1.807, 2.05) is 6.92 Å². The quantitative estimate of drug-likeness (QED) is 0.511. The van der Waals surface area contributed by atoms with Crippen LogP contribution in [-0.4, -0.2) is 38.3 Å². The molecule has 2 aromatic rings. The van der Waals surface area contributed by atoms with Crippen LogP contribution in [0.4, 0.5) is 5.69 Å². The lowest BCUT2D eigenvalue weighted by atomic mass is 10.2. The highest BCUT2D eigenvalue weighted by molar-refractivity contribution is 9.10. The second-order valence-electron chi connectivity index (χ2n) is 5.95. The molecule has 154 valence electrons. The van der Waals surface area contributed by atoms with Crippen LogP contribution in [-0.2, 0) is 10.0 Å². The summed E-state index contributed by atoms with van der Waals surface area (Å²) in [6.07, 6.45) is 3.03. The van der Waals surface area contributed by atoms with Gasteiger partial charge in [0.25, 0.3) is 5.91 Å². The fraction of sp³-hybridized carbons (Fsp3) is 0.190. The molecule has 1 N–H and O–H groups in total. The highest BCUT2D eigenvalue weighted by Gasteiger charge is 2.22. The number of benzene rings is 2. The van der Waals surface area contributed by atoms with E-state index in [0.29, 0.717) is 23.6 Å². The summed E-state index contributed by atoms with van der Waals surface area (Å²) in [6.45, 7) is 9.80. The van der Waals surface area contributed by atoms with E-state index in [4.69, 9.17) is 4.74 Å². The van der Waals surface area contributed by atoms with Gasteiger partial charge in [-0.3, -0.25) is 4.79 Å². The summed E-state index contributed by atoms with van der Waals surface area (Å²) in [5.74, 6) is 0.113. The summed E-state index contributed by atoms with van der Waals surface area (Å²) in [5.41, 5.74) is 0.844. The van der Waals surface area contributed by atoms with Crippen molar-refractivity contribution < 1.29 is 17.9 Å². The zero-order valence-electron chi connectivity index (χ0n) is 16.1. The van der Waals surface area contributed by atoms with Gasteiger partial charge in [-0.1, -0.05) is 28.1 Å². The number of carbonyl (C=O) groups excluding carboxylic acids is 1. The van der Waals surface area contributed by atoms with Crippen LogP contribution in [0.3, 0.4) is 0 Å². The third-order valence-electron chi connectivity index (χ3n) is 3.90. The SMILES string of the molecule is C=CCN(CC=C)S(=O)(=O)c1ccc(NC(=O)c2cc(Br)ccc2OCC)cc1. The normalized spacial score (nSPS) is 11.1. The number of anilines is 1. The maximum Gasteiger partial charge on any atom is 0.259 e. The molecule has 8 heteroatoms. The van der Waals surface area contributed by atoms with E-state index in [0.717, 1.165) is 4.47 Å². The van der Waals surface area contributed by atoms with Crippen molar-refractivity contribution >= 4 is 37.5 Å². The standard InChI is InChI=1S/C21H23BrN2O4S/c1-4-13-24(14-5-2)29(26,27)18-10-8-17(9-11-18)23-21(25)19-15-16(22)7-12-20(19)28-6-3/h4-5,7-12,15H,1-2,6,13-14H2,3H3,(H,23,25). The molecule has 0 radical (unpaired) electrons. The third kappa shape index (κ3) is 5.79. The molecule has 0 aromatic heterocycles. The van der Waals surface area contributed by atoms with Crippen molar-refractivity contribution in [2.45, 2.75) is 11.8 Å². The smallest absolute Gasteiger partial charge is 0.259 e. The predicted octanol–water partition coefficient (Wildman–Crippen LogP) is 4.46. The van der Waals surface area contributed by atoms with Gasteiger partial charge >= 0.3 is 0 Å². The van der Waals surface area contributed by atoms with Crippen molar-refractivity contribution in [3.8, 4) is 5.75 Å². The number of sulfonamides is 1. The molecule has 0 aliphatic rings. The van der Waals surface area contributed by atoms with E-state index in [1.165, 1.54) is 28.6 Å². The molecule has 0 saturated carbocycles. The lowest BCUT2D eigenvalue weighted by Gasteiger charge is -2.19. The summed E-state index contributed by atoms with van der Waals surface area (Å²) < 4.78 is 33.0. The first-order chi connectivity index (χ1) is 13.8. The van der Waals surface area contributed by atoms with Gasteiger partial charge in [0.15, 0.2) is 0 Å². The highest BCUT2D eigenvalue weighted by Crippen LogP contribution is 2.25. The van der Waals surface area contributed by atoms with Crippen molar-refractivity contribution in [3.05, 3.63) is 77.8 Å². The lowest BCUT2D eigenvalue weighted by Crippen LogP contribution is -2.31. The Morgan fingerprint density at radius 2 is 1.76 bits per heavy atom. The Balaban J connectivity index is 2.23. The summed E-state index contributed by atoms with van der Waals surface area (Å²) in [5, 5.41) is 2.76. The van der Waals surface area contributed by atoms with Gasteiger partial charge in [-0.05, 0) is 49.4 Å². The molecular weight excluding hydrogens is 456 g/mol. The van der Waals surface area contributed by atoms with Gasteiger partial charge < -0.3 is 10.1 Å². The summed E-state index contributed by atoms with van der Waals surface area (Å²) in [7, 11) is -3.69. The van der Waals surface area contributed by atoms with E-state index in [1.54, 1.807) is 30.3 Å². The molecule has 0 bridgehead atoms. The fourth-order valence-electron chi connectivity index (χ4n) is 2.58. The number of hydrogen-bond donors (Lipinski definition) is 1. The second-order valence-corrected chi connectivity index (χ2v) is 8.80. The van der Waals surface area contributed by atoms with Crippen LogP contribution in [0.5, 0.6) is 5.75 Å². The maximum absolute atomic E-state index is 12.7. The Kier molecular flexibility index (Phi) is 8.19. The van der Waals surface area contributed by atoms with Crippen molar-refractivity contribution in [2.75, 3.05) is 25.0 Å². The minimum Gasteiger partial charge on any atom is -0.493 e. The van der Waals surface area contributed by atoms with Crippen LogP contribution in [0.25, 0.3) is 0 Å². The molecule has 2 aromatic carbocycles. The number of rotatable bonds is 10. The summed E-state index contributed by atoms with van der Waals surface area (Å²) in [6, 6.07) is 11.2. The molecule has 0 atom stereocenters. The van der Waals surface area contributed by atoms with Crippen molar-refractivity contribution in [1.82, 2.24) is 4.31 Å². The number of nitrogens with one attached hydrogen (secondary N) is 1. The van der Waals surface area contributed by atoms with Crippen molar-refractivity contribution in [2.24, 2.45) is 0 Å². The minimum absolute atomic E-state index is 0.122. The van der Waals surface area contributed by atoms with Crippen LogP contribution < -0.4 is 10.1 Å². The highest BCUT2D eigenvalue weighted by atomic mass is 79.9. The molecule has 0 heterocycles. The average Bonchev–Trinajstić information content (AvgIpc) is 2.69. The molecule has 2 rings (SSSR count). The van der Waals surface area contributed by atoms with Crippen LogP contribution in [0.15, 0.2) is 77.1 Å². The van der Waals surface area contributed by atoms with E-state index in [-0.39, 0.29) is 23.9 Å². The molecule has 0 spiro atoms. The summed E-state index contributed by atoms with van der Waals surface area (Å²) in [4.78, 5) is 12.8. The number of hydrogen-bond acceptors (Lipinski definition) is 4. The van der Waals surface area contributed by atoms with E-state index in [2.05, 4.69) is 34.4 Å². The minimum atomic E-state index is -3.69. The molecule has 0 aliphatic heterocycles. The Morgan fingerprint density at radius 3 is 2.31 bits per heavy atom. The van der Waals surface area contributed by atoms with Gasteiger partial charge in [0.2, 0.25) is 10.0 Å². The molecule has 0 aliphatic carbocycles. The summed E-state index contributed by atoms with van der Waals surface area (Å²) >= 11 is 3.35. The third-order valence-corrected chi connectivity index (χ3v) is 6.24. The van der Waals surface area contributed by atoms with Crippen molar-refractivity contribution in [3.63, 3.8) is 0 Å². The van der Waals surface area contributed by atoms with Gasteiger partial charge in [0.05, 0.1) is 17.1 Å². The predicted molar refractivity (Wildman–Crippen MR) is 119 cm³/mol. The first-order valence-electron chi connectivity index (χ1n) is 8.89. The fourth-order valence-corrected chi connectivity index (χ4v) is 4.32. The number of carbonyl (C=O) groups is 1. The van der Waals surface area contributed by atoms with Gasteiger partial charge in [-0.25, -0.2) is 8.42 Å². The van der Waals surface area contributed by atoms with E-state index >= 15 is 0 Å². The maximum atomic E-state index is 12.7. The molecule has 29 heavy (non-hydrogen) atoms. The zero-order chi connectivity index (χ0) is 21.4. The van der Waals surface area contributed by atoms with Crippen LogP contribution in [0, 0.1) is 0 Å². The van der Waals surface area contributed by atoms with Crippen LogP contribution in [0.2, 0.25) is 0 Å². The first kappa shape index (κ1) is 22.9. The molecule has 6 nitrogen and oxygen atoms in total. The van der Waals surface area contributed by atoms with Gasteiger partial charge in [-0.2, -0.15) is 4.31 Å². The molecular formula is C21H23BrN2O4S. The van der Waals surface area contributed by atoms with E-state index < -0.39 is 10.0 Å². The number of amides is 1. The largest absolute Gasteiger partial charge is 0.493 e. The Hall–Kier alpha value is -2.42. The van der Waals surface area contributed by atoms with Crippen LogP contribution >= 0.6 is 15.9 Å². The van der Waals surface area contributed by atoms with Gasteiger partial charge in [0.1, 0.15) is 5.75 Å². The molecule has 0 unspecified atom stereocenters. The Morgan fingerprint density at radius 1 is 1.14 bits per heavy atom. The topological polar surface area (TPSA) is 75.7 Å². The van der Waals surface area contributed by atoms with Crippen molar-refractivity contribution in [1.29, 1.82) is 0 Å². The molecule has 0 fully saturated rings. The van der Waals surface area contributed by atoms with Crippen LogP contribution in [0.1, 0.15) is 17.3 Å². The Labute approximate surface area is 180 Å². The van der Waals surface area contributed by atoms with Gasteiger partial charge in [-0.15, -0.1) is 13.2 Å². The molecule has 0 saturated heterocycles. The lowest BCUT2D eigenvalue weighted by molar-refractivity contribution is 0.102. The number of ether oxygens (including phenoxy) is 1. The second kappa shape index (κ2) is 10.4. The monoisotopic (exact) mass is 478 g/mol. The first-order valence-corrected chi connectivity index (χ1v) is 11.1.